The molecule has 2 aliphatic rings. The number of anilines is 1. The lowest BCUT2D eigenvalue weighted by Gasteiger charge is -2.22. The third-order valence-electron chi connectivity index (χ3n) is 5.00. The fourth-order valence-electron chi connectivity index (χ4n) is 3.53. The Bertz CT molecular complexity index is 734. The van der Waals surface area contributed by atoms with Gasteiger partial charge in [0.25, 0.3) is 0 Å². The Morgan fingerprint density at radius 1 is 1.15 bits per heavy atom. The van der Waals surface area contributed by atoms with E-state index in [-0.39, 0.29) is 31.3 Å². The van der Waals surface area contributed by atoms with Gasteiger partial charge in [0.15, 0.2) is 0 Å². The Labute approximate surface area is 151 Å². The van der Waals surface area contributed by atoms with Crippen LogP contribution in [-0.2, 0) is 14.4 Å². The number of carboxylic acids is 1. The quantitative estimate of drug-likeness (QED) is 0.839. The highest BCUT2D eigenvalue weighted by Gasteiger charge is 2.40. The van der Waals surface area contributed by atoms with Gasteiger partial charge in [-0.1, -0.05) is 0 Å². The minimum Gasteiger partial charge on any atom is -0.497 e. The van der Waals surface area contributed by atoms with E-state index < -0.39 is 17.8 Å². The van der Waals surface area contributed by atoms with Crippen molar-refractivity contribution in [3.63, 3.8) is 0 Å². The molecule has 2 aliphatic heterocycles. The monoisotopic (exact) mass is 362 g/mol. The predicted octanol–water partition coefficient (Wildman–Crippen LogP) is 0.990. The summed E-state index contributed by atoms with van der Waals surface area (Å²) >= 11 is 0. The van der Waals surface area contributed by atoms with Crippen molar-refractivity contribution < 1.29 is 29.0 Å². The highest BCUT2D eigenvalue weighted by Crippen LogP contribution is 2.36. The summed E-state index contributed by atoms with van der Waals surface area (Å²) in [6.45, 7) is 0.894. The van der Waals surface area contributed by atoms with Gasteiger partial charge in [-0.3, -0.25) is 14.4 Å². The van der Waals surface area contributed by atoms with Crippen LogP contribution in [-0.4, -0.2) is 61.6 Å². The van der Waals surface area contributed by atoms with E-state index in [1.807, 2.05) is 0 Å². The highest BCUT2D eigenvalue weighted by molar-refractivity contribution is 6.01. The van der Waals surface area contributed by atoms with Gasteiger partial charge in [0, 0.05) is 32.1 Å². The first kappa shape index (κ1) is 18.0. The van der Waals surface area contributed by atoms with Crippen LogP contribution in [0.3, 0.4) is 0 Å². The van der Waals surface area contributed by atoms with Crippen molar-refractivity contribution in [2.24, 2.45) is 11.8 Å². The molecule has 0 radical (unpaired) electrons. The standard InChI is InChI=1S/C18H22N2O6/c1-25-13-3-4-14(15(8-13)26-2)20-10-12(7-16(20)21)17(22)19-6-5-11(9-19)18(23)24/h3-4,8,11-12H,5-7,9-10H2,1-2H3,(H,23,24)/t11-,12-/m1/s1. The van der Waals surface area contributed by atoms with Gasteiger partial charge < -0.3 is 24.4 Å². The van der Waals surface area contributed by atoms with Crippen LogP contribution in [0.2, 0.25) is 0 Å². The van der Waals surface area contributed by atoms with E-state index in [1.54, 1.807) is 35.1 Å². The van der Waals surface area contributed by atoms with Crippen LogP contribution in [0.25, 0.3) is 0 Å². The summed E-state index contributed by atoms with van der Waals surface area (Å²) in [5.41, 5.74) is 0.596. The number of carboxylic acid groups (broad SMARTS) is 1. The molecule has 0 aromatic heterocycles. The largest absolute Gasteiger partial charge is 0.497 e. The zero-order valence-electron chi connectivity index (χ0n) is 14.8. The van der Waals surface area contributed by atoms with Crippen LogP contribution in [0.4, 0.5) is 5.69 Å². The number of carbonyl (C=O) groups is 3. The first-order chi connectivity index (χ1) is 12.4. The molecular formula is C18H22N2O6. The van der Waals surface area contributed by atoms with Crippen molar-refractivity contribution in [3.8, 4) is 11.5 Å². The number of aliphatic carboxylic acids is 1. The summed E-state index contributed by atoms with van der Waals surface area (Å²) in [4.78, 5) is 39.4. The van der Waals surface area contributed by atoms with Crippen molar-refractivity contribution in [1.82, 2.24) is 4.90 Å². The van der Waals surface area contributed by atoms with Gasteiger partial charge in [0.05, 0.1) is 31.7 Å². The van der Waals surface area contributed by atoms with Gasteiger partial charge >= 0.3 is 5.97 Å². The third kappa shape index (κ3) is 3.31. The van der Waals surface area contributed by atoms with Crippen LogP contribution in [0.1, 0.15) is 12.8 Å². The normalized spacial score (nSPS) is 22.6. The maximum absolute atomic E-state index is 12.7. The first-order valence-electron chi connectivity index (χ1n) is 8.48. The Morgan fingerprint density at radius 3 is 2.54 bits per heavy atom. The summed E-state index contributed by atoms with van der Waals surface area (Å²) in [5, 5.41) is 9.09. The molecule has 0 bridgehead atoms. The van der Waals surface area contributed by atoms with E-state index in [2.05, 4.69) is 0 Å². The molecule has 0 spiro atoms. The van der Waals surface area contributed by atoms with E-state index in [9.17, 15) is 14.4 Å². The Balaban J connectivity index is 1.73. The molecule has 0 aliphatic carbocycles. The second kappa shape index (κ2) is 7.23. The molecule has 1 N–H and O–H groups in total. The van der Waals surface area contributed by atoms with Crippen LogP contribution >= 0.6 is 0 Å². The summed E-state index contributed by atoms with van der Waals surface area (Å²) in [5.74, 6) is -1.07. The van der Waals surface area contributed by atoms with Crippen LogP contribution in [0, 0.1) is 11.8 Å². The van der Waals surface area contributed by atoms with Crippen molar-refractivity contribution in [1.29, 1.82) is 0 Å². The van der Waals surface area contributed by atoms with E-state index >= 15 is 0 Å². The molecule has 1 aromatic carbocycles. The molecule has 8 heteroatoms. The summed E-state index contributed by atoms with van der Waals surface area (Å²) in [6.07, 6.45) is 0.569. The van der Waals surface area contributed by atoms with Crippen molar-refractivity contribution >= 4 is 23.5 Å². The number of methoxy groups -OCH3 is 2. The smallest absolute Gasteiger partial charge is 0.308 e. The SMILES string of the molecule is COc1ccc(N2C[C@H](C(=O)N3CC[C@@H](C(=O)O)C3)CC2=O)c(OC)c1. The van der Waals surface area contributed by atoms with Gasteiger partial charge in [0.2, 0.25) is 11.8 Å². The number of nitrogens with zero attached hydrogens (tertiary/aromatic N) is 2. The van der Waals surface area contributed by atoms with E-state index in [4.69, 9.17) is 14.6 Å². The Hall–Kier alpha value is -2.77. The number of rotatable bonds is 5. The van der Waals surface area contributed by atoms with Gasteiger partial charge in [-0.25, -0.2) is 0 Å². The number of ether oxygens (including phenoxy) is 2. The molecule has 2 saturated heterocycles. The van der Waals surface area contributed by atoms with Gasteiger partial charge in [-0.15, -0.1) is 0 Å². The van der Waals surface area contributed by atoms with E-state index in [0.29, 0.717) is 30.2 Å². The minimum atomic E-state index is -0.882. The second-order valence-corrected chi connectivity index (χ2v) is 6.55. The van der Waals surface area contributed by atoms with Crippen molar-refractivity contribution in [2.45, 2.75) is 12.8 Å². The number of benzene rings is 1. The number of amides is 2. The number of carbonyl (C=O) groups excluding carboxylic acids is 2. The van der Waals surface area contributed by atoms with Crippen LogP contribution < -0.4 is 14.4 Å². The lowest BCUT2D eigenvalue weighted by atomic mass is 10.1. The van der Waals surface area contributed by atoms with Crippen LogP contribution in [0.15, 0.2) is 18.2 Å². The summed E-state index contributed by atoms with van der Waals surface area (Å²) in [7, 11) is 3.06. The van der Waals surface area contributed by atoms with E-state index in [0.717, 1.165) is 0 Å². The fourth-order valence-corrected chi connectivity index (χ4v) is 3.53. The maximum Gasteiger partial charge on any atom is 0.308 e. The fraction of sp³-hybridized carbons (Fsp3) is 0.500. The molecule has 2 heterocycles. The topological polar surface area (TPSA) is 96.4 Å². The molecule has 26 heavy (non-hydrogen) atoms. The Morgan fingerprint density at radius 2 is 1.92 bits per heavy atom. The second-order valence-electron chi connectivity index (χ2n) is 6.55. The molecule has 2 atom stereocenters. The van der Waals surface area contributed by atoms with Gasteiger partial charge in [-0.05, 0) is 18.6 Å². The summed E-state index contributed by atoms with van der Waals surface area (Å²) < 4.78 is 10.5. The zero-order valence-corrected chi connectivity index (χ0v) is 14.8. The molecule has 1 aromatic rings. The predicted molar refractivity (Wildman–Crippen MR) is 92.3 cm³/mol. The van der Waals surface area contributed by atoms with Gasteiger partial charge in [-0.2, -0.15) is 0 Å². The third-order valence-corrected chi connectivity index (χ3v) is 5.00. The zero-order chi connectivity index (χ0) is 18.8. The van der Waals surface area contributed by atoms with Crippen molar-refractivity contribution in [2.75, 3.05) is 38.8 Å². The van der Waals surface area contributed by atoms with E-state index in [1.165, 1.54) is 7.11 Å². The minimum absolute atomic E-state index is 0.113. The number of hydrogen-bond acceptors (Lipinski definition) is 5. The number of hydrogen-bond donors (Lipinski definition) is 1. The average Bonchev–Trinajstić information content (AvgIpc) is 3.27. The molecule has 3 rings (SSSR count). The molecule has 8 nitrogen and oxygen atoms in total. The lowest BCUT2D eigenvalue weighted by molar-refractivity contribution is -0.141. The first-order valence-corrected chi connectivity index (χ1v) is 8.48. The summed E-state index contributed by atoms with van der Waals surface area (Å²) in [6, 6.07) is 5.16. The number of likely N-dealkylation sites (tertiary alicyclic amines) is 1. The highest BCUT2D eigenvalue weighted by atomic mass is 16.5. The lowest BCUT2D eigenvalue weighted by Crippen LogP contribution is -2.36. The molecule has 0 unspecified atom stereocenters. The van der Waals surface area contributed by atoms with Gasteiger partial charge in [0.1, 0.15) is 11.5 Å². The average molecular weight is 362 g/mol. The maximum atomic E-state index is 12.7. The van der Waals surface area contributed by atoms with Crippen LogP contribution in [0.5, 0.6) is 11.5 Å². The molecule has 2 fully saturated rings. The molecule has 2 amide bonds. The molecule has 140 valence electrons. The molecule has 0 saturated carbocycles. The Kier molecular flexibility index (Phi) is 5.01. The van der Waals surface area contributed by atoms with Crippen molar-refractivity contribution in [3.05, 3.63) is 18.2 Å². The molecular weight excluding hydrogens is 340 g/mol.